The molecule has 1 saturated heterocycles. The minimum atomic E-state index is 0.391. The summed E-state index contributed by atoms with van der Waals surface area (Å²) >= 11 is 0. The van der Waals surface area contributed by atoms with Crippen molar-refractivity contribution in [1.82, 2.24) is 10.2 Å². The molecule has 1 N–H and O–H groups in total. The van der Waals surface area contributed by atoms with E-state index in [9.17, 15) is 0 Å². The summed E-state index contributed by atoms with van der Waals surface area (Å²) in [6.07, 6.45) is 1.16. The molecule has 20 heavy (non-hydrogen) atoms. The Hall–Kier alpha value is -0.900. The van der Waals surface area contributed by atoms with Gasteiger partial charge in [-0.2, -0.15) is 0 Å². The van der Waals surface area contributed by atoms with Gasteiger partial charge in [-0.05, 0) is 38.4 Å². The highest BCUT2D eigenvalue weighted by molar-refractivity contribution is 5.33. The molecule has 3 heteroatoms. The number of rotatable bonds is 5. The van der Waals surface area contributed by atoms with Gasteiger partial charge in [0.15, 0.2) is 0 Å². The number of likely N-dealkylation sites (N-methyl/N-ethyl adjacent to an activating group) is 1. The van der Waals surface area contributed by atoms with E-state index < -0.39 is 0 Å². The second-order valence-corrected chi connectivity index (χ2v) is 5.83. The predicted molar refractivity (Wildman–Crippen MR) is 84.2 cm³/mol. The van der Waals surface area contributed by atoms with Crippen LogP contribution in [0.2, 0.25) is 0 Å². The van der Waals surface area contributed by atoms with E-state index in [0.717, 1.165) is 32.7 Å². The van der Waals surface area contributed by atoms with Gasteiger partial charge in [0, 0.05) is 25.2 Å². The third kappa shape index (κ3) is 3.60. The standard InChI is InChI=1S/C17H28N2O/c1-5-15-12-20-9-8-19(15)11-17(18-4)16-10-13(2)6-7-14(16)3/h6-7,10,15,17-18H,5,8-9,11-12H2,1-4H3. The molecule has 1 aliphatic rings. The molecular formula is C17H28N2O. The SMILES string of the molecule is CCC1COCCN1CC(NC)c1cc(C)ccc1C. The molecule has 0 aliphatic carbocycles. The normalized spacial score (nSPS) is 21.9. The van der Waals surface area contributed by atoms with Gasteiger partial charge in [-0.15, -0.1) is 0 Å². The first-order valence-corrected chi connectivity index (χ1v) is 7.72. The first-order valence-electron chi connectivity index (χ1n) is 7.72. The van der Waals surface area contributed by atoms with Crippen molar-refractivity contribution in [1.29, 1.82) is 0 Å². The lowest BCUT2D eigenvalue weighted by Gasteiger charge is -2.37. The van der Waals surface area contributed by atoms with Gasteiger partial charge in [0.1, 0.15) is 0 Å². The Labute approximate surface area is 123 Å². The lowest BCUT2D eigenvalue weighted by atomic mass is 9.98. The van der Waals surface area contributed by atoms with Gasteiger partial charge in [-0.3, -0.25) is 4.90 Å². The maximum atomic E-state index is 5.60. The Morgan fingerprint density at radius 2 is 2.20 bits per heavy atom. The zero-order valence-electron chi connectivity index (χ0n) is 13.3. The Kier molecular flexibility index (Phi) is 5.58. The summed E-state index contributed by atoms with van der Waals surface area (Å²) in [5, 5.41) is 3.50. The van der Waals surface area contributed by atoms with Crippen molar-refractivity contribution in [2.24, 2.45) is 0 Å². The van der Waals surface area contributed by atoms with Crippen molar-refractivity contribution in [3.63, 3.8) is 0 Å². The Morgan fingerprint density at radius 1 is 1.40 bits per heavy atom. The molecule has 2 atom stereocenters. The molecule has 1 fully saturated rings. The van der Waals surface area contributed by atoms with Crippen LogP contribution in [0.3, 0.4) is 0 Å². The molecule has 0 radical (unpaired) electrons. The monoisotopic (exact) mass is 276 g/mol. The molecule has 1 aromatic carbocycles. The molecule has 0 amide bonds. The van der Waals surface area contributed by atoms with Crippen LogP contribution in [0.5, 0.6) is 0 Å². The number of benzene rings is 1. The van der Waals surface area contributed by atoms with E-state index >= 15 is 0 Å². The highest BCUT2D eigenvalue weighted by Crippen LogP contribution is 2.22. The maximum absolute atomic E-state index is 5.60. The Bertz CT molecular complexity index is 433. The largest absolute Gasteiger partial charge is 0.378 e. The smallest absolute Gasteiger partial charge is 0.0622 e. The zero-order valence-corrected chi connectivity index (χ0v) is 13.3. The van der Waals surface area contributed by atoms with Crippen LogP contribution in [0.15, 0.2) is 18.2 Å². The van der Waals surface area contributed by atoms with Crippen molar-refractivity contribution >= 4 is 0 Å². The first-order chi connectivity index (χ1) is 9.65. The van der Waals surface area contributed by atoms with Gasteiger partial charge >= 0.3 is 0 Å². The van der Waals surface area contributed by atoms with Gasteiger partial charge in [0.25, 0.3) is 0 Å². The molecule has 2 unspecified atom stereocenters. The molecule has 1 heterocycles. The van der Waals surface area contributed by atoms with Crippen LogP contribution < -0.4 is 5.32 Å². The van der Waals surface area contributed by atoms with Gasteiger partial charge in [0.2, 0.25) is 0 Å². The fraction of sp³-hybridized carbons (Fsp3) is 0.647. The molecule has 2 rings (SSSR count). The molecule has 1 aromatic rings. The van der Waals surface area contributed by atoms with Gasteiger partial charge < -0.3 is 10.1 Å². The Morgan fingerprint density at radius 3 is 2.90 bits per heavy atom. The fourth-order valence-electron chi connectivity index (χ4n) is 3.02. The van der Waals surface area contributed by atoms with Crippen molar-refractivity contribution in [3.05, 3.63) is 34.9 Å². The van der Waals surface area contributed by atoms with E-state index in [1.54, 1.807) is 0 Å². The average Bonchev–Trinajstić information content (AvgIpc) is 2.48. The van der Waals surface area contributed by atoms with Crippen LogP contribution in [-0.2, 0) is 4.74 Å². The third-order valence-corrected chi connectivity index (χ3v) is 4.40. The lowest BCUT2D eigenvalue weighted by Crippen LogP contribution is -2.48. The number of nitrogens with one attached hydrogen (secondary N) is 1. The molecule has 3 nitrogen and oxygen atoms in total. The maximum Gasteiger partial charge on any atom is 0.0622 e. The molecule has 112 valence electrons. The molecule has 0 aromatic heterocycles. The summed E-state index contributed by atoms with van der Waals surface area (Å²) in [7, 11) is 2.06. The number of hydrogen-bond acceptors (Lipinski definition) is 3. The first kappa shape index (κ1) is 15.5. The topological polar surface area (TPSA) is 24.5 Å². The quantitative estimate of drug-likeness (QED) is 0.895. The fourth-order valence-corrected chi connectivity index (χ4v) is 3.02. The number of aryl methyl sites for hydroxylation is 2. The molecular weight excluding hydrogens is 248 g/mol. The summed E-state index contributed by atoms with van der Waals surface area (Å²) in [6.45, 7) is 10.5. The molecule has 1 aliphatic heterocycles. The molecule has 0 spiro atoms. The zero-order chi connectivity index (χ0) is 14.5. The second kappa shape index (κ2) is 7.21. The highest BCUT2D eigenvalue weighted by Gasteiger charge is 2.24. The van der Waals surface area contributed by atoms with E-state index in [-0.39, 0.29) is 0 Å². The van der Waals surface area contributed by atoms with Gasteiger partial charge in [-0.25, -0.2) is 0 Å². The van der Waals surface area contributed by atoms with E-state index in [1.807, 2.05) is 0 Å². The summed E-state index contributed by atoms with van der Waals surface area (Å²) in [4.78, 5) is 2.58. The number of hydrogen-bond donors (Lipinski definition) is 1. The Balaban J connectivity index is 2.13. The lowest BCUT2D eigenvalue weighted by molar-refractivity contribution is -0.0124. The van der Waals surface area contributed by atoms with Crippen LogP contribution in [0.4, 0.5) is 0 Å². The molecule has 0 bridgehead atoms. The van der Waals surface area contributed by atoms with Crippen LogP contribution in [0.1, 0.15) is 36.1 Å². The van der Waals surface area contributed by atoms with Crippen molar-refractivity contribution in [2.45, 2.75) is 39.3 Å². The number of ether oxygens (including phenoxy) is 1. The van der Waals surface area contributed by atoms with Crippen LogP contribution >= 0.6 is 0 Å². The van der Waals surface area contributed by atoms with Crippen LogP contribution in [0.25, 0.3) is 0 Å². The van der Waals surface area contributed by atoms with Crippen molar-refractivity contribution in [2.75, 3.05) is 33.4 Å². The summed E-state index contributed by atoms with van der Waals surface area (Å²) in [5.41, 5.74) is 4.13. The van der Waals surface area contributed by atoms with E-state index in [4.69, 9.17) is 4.74 Å². The second-order valence-electron chi connectivity index (χ2n) is 5.83. The van der Waals surface area contributed by atoms with E-state index in [1.165, 1.54) is 16.7 Å². The summed E-state index contributed by atoms with van der Waals surface area (Å²) < 4.78 is 5.60. The summed E-state index contributed by atoms with van der Waals surface area (Å²) in [6, 6.07) is 7.69. The number of morpholine rings is 1. The predicted octanol–water partition coefficient (Wildman–Crippen LogP) is 2.67. The van der Waals surface area contributed by atoms with Crippen LogP contribution in [0, 0.1) is 13.8 Å². The summed E-state index contributed by atoms with van der Waals surface area (Å²) in [5.74, 6) is 0. The number of nitrogens with zero attached hydrogens (tertiary/aromatic N) is 1. The molecule has 0 saturated carbocycles. The average molecular weight is 276 g/mol. The highest BCUT2D eigenvalue weighted by atomic mass is 16.5. The van der Waals surface area contributed by atoms with Crippen LogP contribution in [-0.4, -0.2) is 44.3 Å². The van der Waals surface area contributed by atoms with Crippen molar-refractivity contribution in [3.8, 4) is 0 Å². The van der Waals surface area contributed by atoms with Gasteiger partial charge in [0.05, 0.1) is 13.2 Å². The minimum absolute atomic E-state index is 0.391. The van der Waals surface area contributed by atoms with Crippen molar-refractivity contribution < 1.29 is 4.74 Å². The van der Waals surface area contributed by atoms with Gasteiger partial charge in [-0.1, -0.05) is 30.7 Å². The van der Waals surface area contributed by atoms with E-state index in [0.29, 0.717) is 12.1 Å². The minimum Gasteiger partial charge on any atom is -0.378 e. The third-order valence-electron chi connectivity index (χ3n) is 4.40. The van der Waals surface area contributed by atoms with E-state index in [2.05, 4.69) is 56.2 Å².